The molecule has 0 saturated carbocycles. The molecule has 0 aromatic heterocycles. The van der Waals surface area contributed by atoms with Gasteiger partial charge in [0, 0.05) is 11.6 Å². The Balaban J connectivity index is 2.19. The van der Waals surface area contributed by atoms with Crippen molar-refractivity contribution in [2.75, 3.05) is 28.4 Å². The van der Waals surface area contributed by atoms with Crippen LogP contribution in [0, 0.1) is 0 Å². The van der Waals surface area contributed by atoms with Crippen LogP contribution in [0.2, 0.25) is 0 Å². The maximum Gasteiger partial charge on any atom is 0.178 e. The second-order valence-corrected chi connectivity index (χ2v) is 6.08. The van der Waals surface area contributed by atoms with E-state index >= 15 is 0 Å². The summed E-state index contributed by atoms with van der Waals surface area (Å²) in [7, 11) is 6.31. The SMILES string of the molecule is C=CCc1cc(C=CC(=O)C=Cc2cc(OC)c(OC)cc2OC)ccc1OC. The molecule has 0 N–H and O–H groups in total. The van der Waals surface area contributed by atoms with Gasteiger partial charge in [0.15, 0.2) is 17.3 Å². The molecule has 0 unspecified atom stereocenters. The number of hydrogen-bond acceptors (Lipinski definition) is 5. The van der Waals surface area contributed by atoms with Crippen LogP contribution in [0.15, 0.2) is 55.1 Å². The van der Waals surface area contributed by atoms with Crippen LogP contribution in [-0.4, -0.2) is 34.2 Å². The molecule has 2 aromatic carbocycles. The molecule has 0 aliphatic carbocycles. The van der Waals surface area contributed by atoms with Gasteiger partial charge >= 0.3 is 0 Å². The van der Waals surface area contributed by atoms with Gasteiger partial charge in [-0.1, -0.05) is 18.2 Å². The van der Waals surface area contributed by atoms with Gasteiger partial charge in [-0.05, 0) is 54.0 Å². The van der Waals surface area contributed by atoms with Crippen molar-refractivity contribution in [3.63, 3.8) is 0 Å². The molecule has 0 spiro atoms. The number of ether oxygens (including phenoxy) is 4. The molecular weight excluding hydrogens is 368 g/mol. The van der Waals surface area contributed by atoms with Crippen LogP contribution >= 0.6 is 0 Å². The van der Waals surface area contributed by atoms with Crippen LogP contribution in [0.25, 0.3) is 12.2 Å². The molecule has 0 fully saturated rings. The fourth-order valence-corrected chi connectivity index (χ4v) is 2.81. The molecule has 152 valence electrons. The highest BCUT2D eigenvalue weighted by Crippen LogP contribution is 2.35. The lowest BCUT2D eigenvalue weighted by atomic mass is 10.1. The second kappa shape index (κ2) is 10.8. The molecule has 29 heavy (non-hydrogen) atoms. The molecule has 5 heteroatoms. The zero-order chi connectivity index (χ0) is 21.2. The third kappa shape index (κ3) is 5.75. The molecule has 0 atom stereocenters. The summed E-state index contributed by atoms with van der Waals surface area (Å²) in [5, 5.41) is 0. The van der Waals surface area contributed by atoms with Crippen molar-refractivity contribution in [3.05, 3.63) is 71.8 Å². The van der Waals surface area contributed by atoms with Gasteiger partial charge in [-0.2, -0.15) is 0 Å². The first-order valence-corrected chi connectivity index (χ1v) is 9.04. The second-order valence-electron chi connectivity index (χ2n) is 6.08. The lowest BCUT2D eigenvalue weighted by molar-refractivity contribution is -0.110. The molecule has 0 radical (unpaired) electrons. The minimum atomic E-state index is -0.150. The fourth-order valence-electron chi connectivity index (χ4n) is 2.81. The van der Waals surface area contributed by atoms with Crippen molar-refractivity contribution in [1.29, 1.82) is 0 Å². The molecule has 0 saturated heterocycles. The molecule has 0 aliphatic rings. The lowest BCUT2D eigenvalue weighted by Crippen LogP contribution is -1.95. The Morgan fingerprint density at radius 2 is 1.45 bits per heavy atom. The maximum absolute atomic E-state index is 12.3. The first-order chi connectivity index (χ1) is 14.1. The van der Waals surface area contributed by atoms with E-state index in [1.807, 2.05) is 24.3 Å². The van der Waals surface area contributed by atoms with Crippen LogP contribution in [-0.2, 0) is 11.2 Å². The van der Waals surface area contributed by atoms with Gasteiger partial charge in [0.05, 0.1) is 28.4 Å². The molecule has 0 heterocycles. The normalized spacial score (nSPS) is 10.9. The van der Waals surface area contributed by atoms with Gasteiger partial charge in [0.25, 0.3) is 0 Å². The smallest absolute Gasteiger partial charge is 0.178 e. The molecule has 0 amide bonds. The number of carbonyl (C=O) groups excluding carboxylic acids is 1. The minimum absolute atomic E-state index is 0.150. The van der Waals surface area contributed by atoms with Crippen molar-refractivity contribution >= 4 is 17.9 Å². The van der Waals surface area contributed by atoms with Crippen molar-refractivity contribution in [2.24, 2.45) is 0 Å². The van der Waals surface area contributed by atoms with Crippen LogP contribution in [0.4, 0.5) is 0 Å². The highest BCUT2D eigenvalue weighted by molar-refractivity contribution is 6.04. The van der Waals surface area contributed by atoms with E-state index in [0.29, 0.717) is 29.2 Å². The van der Waals surface area contributed by atoms with Crippen molar-refractivity contribution in [1.82, 2.24) is 0 Å². The third-order valence-corrected chi connectivity index (χ3v) is 4.27. The first-order valence-electron chi connectivity index (χ1n) is 9.04. The highest BCUT2D eigenvalue weighted by atomic mass is 16.5. The summed E-state index contributed by atoms with van der Waals surface area (Å²) in [4.78, 5) is 12.3. The number of rotatable bonds is 10. The summed E-state index contributed by atoms with van der Waals surface area (Å²) in [5.74, 6) is 2.35. The summed E-state index contributed by atoms with van der Waals surface area (Å²) in [6.45, 7) is 3.76. The van der Waals surface area contributed by atoms with E-state index in [9.17, 15) is 4.79 Å². The van der Waals surface area contributed by atoms with Crippen LogP contribution < -0.4 is 18.9 Å². The monoisotopic (exact) mass is 394 g/mol. The standard InChI is InChI=1S/C24H26O5/c1-6-7-18-14-17(9-13-21(18)26-2)8-11-20(25)12-10-19-15-23(28-4)24(29-5)16-22(19)27-3/h6,8-16H,1,7H2,2-5H3. The van der Waals surface area contributed by atoms with Gasteiger partial charge in [-0.25, -0.2) is 0 Å². The number of methoxy groups -OCH3 is 4. The lowest BCUT2D eigenvalue weighted by Gasteiger charge is -2.11. The van der Waals surface area contributed by atoms with E-state index in [1.54, 1.807) is 52.7 Å². The Bertz CT molecular complexity index is 925. The predicted octanol–water partition coefficient (Wildman–Crippen LogP) is 4.75. The quantitative estimate of drug-likeness (QED) is 0.430. The van der Waals surface area contributed by atoms with E-state index in [4.69, 9.17) is 18.9 Å². The first kappa shape index (κ1) is 21.8. The predicted molar refractivity (Wildman–Crippen MR) is 116 cm³/mol. The average molecular weight is 394 g/mol. The fraction of sp³-hybridized carbons (Fsp3) is 0.208. The van der Waals surface area contributed by atoms with E-state index < -0.39 is 0 Å². The molecule has 0 aliphatic heterocycles. The zero-order valence-corrected chi connectivity index (χ0v) is 17.2. The topological polar surface area (TPSA) is 54.0 Å². The number of carbonyl (C=O) groups is 1. The molecule has 2 aromatic rings. The summed E-state index contributed by atoms with van der Waals surface area (Å²) in [6.07, 6.45) is 8.96. The van der Waals surface area contributed by atoms with Gasteiger partial charge < -0.3 is 18.9 Å². The van der Waals surface area contributed by atoms with Crippen LogP contribution in [0.1, 0.15) is 16.7 Å². The molecule has 0 bridgehead atoms. The van der Waals surface area contributed by atoms with E-state index in [1.165, 1.54) is 12.2 Å². The largest absolute Gasteiger partial charge is 0.496 e. The van der Waals surface area contributed by atoms with E-state index in [2.05, 4.69) is 6.58 Å². The van der Waals surface area contributed by atoms with Gasteiger partial charge in [-0.3, -0.25) is 4.79 Å². The van der Waals surface area contributed by atoms with E-state index in [-0.39, 0.29) is 5.78 Å². The number of hydrogen-bond donors (Lipinski definition) is 0. The summed E-state index contributed by atoms with van der Waals surface area (Å²) in [6, 6.07) is 9.24. The summed E-state index contributed by atoms with van der Waals surface area (Å²) in [5.41, 5.74) is 2.64. The Morgan fingerprint density at radius 1 is 0.828 bits per heavy atom. The number of benzene rings is 2. The molecule has 2 rings (SSSR count). The Morgan fingerprint density at radius 3 is 2.07 bits per heavy atom. The van der Waals surface area contributed by atoms with Gasteiger partial charge in [0.2, 0.25) is 0 Å². The van der Waals surface area contributed by atoms with Crippen LogP contribution in [0.5, 0.6) is 23.0 Å². The van der Waals surface area contributed by atoms with Crippen molar-refractivity contribution in [3.8, 4) is 23.0 Å². The Labute approximate surface area is 171 Å². The number of allylic oxidation sites excluding steroid dienone is 3. The average Bonchev–Trinajstić information content (AvgIpc) is 2.75. The minimum Gasteiger partial charge on any atom is -0.496 e. The Kier molecular flexibility index (Phi) is 8.10. The summed E-state index contributed by atoms with van der Waals surface area (Å²) >= 11 is 0. The maximum atomic E-state index is 12.3. The Hall–Kier alpha value is -3.47. The highest BCUT2D eigenvalue weighted by Gasteiger charge is 2.10. The third-order valence-electron chi connectivity index (χ3n) is 4.27. The van der Waals surface area contributed by atoms with Crippen LogP contribution in [0.3, 0.4) is 0 Å². The van der Waals surface area contributed by atoms with Crippen molar-refractivity contribution in [2.45, 2.75) is 6.42 Å². The van der Waals surface area contributed by atoms with Crippen molar-refractivity contribution < 1.29 is 23.7 Å². The van der Waals surface area contributed by atoms with Gasteiger partial charge in [0.1, 0.15) is 11.5 Å². The zero-order valence-electron chi connectivity index (χ0n) is 17.2. The molecule has 5 nitrogen and oxygen atoms in total. The summed E-state index contributed by atoms with van der Waals surface area (Å²) < 4.78 is 21.3. The number of ketones is 1. The van der Waals surface area contributed by atoms with Gasteiger partial charge in [-0.15, -0.1) is 6.58 Å². The molecular formula is C24H26O5. The van der Waals surface area contributed by atoms with E-state index in [0.717, 1.165) is 16.9 Å².